The van der Waals surface area contributed by atoms with Crippen LogP contribution < -0.4 is 10.6 Å². The van der Waals surface area contributed by atoms with Crippen molar-refractivity contribution in [3.8, 4) is 0 Å². The fraction of sp³-hybridized carbons (Fsp3) is 0.375. The molecule has 0 spiro atoms. The van der Waals surface area contributed by atoms with Crippen molar-refractivity contribution in [1.29, 1.82) is 0 Å². The Morgan fingerprint density at radius 3 is 1.94 bits per heavy atom. The van der Waals surface area contributed by atoms with Crippen LogP contribution in [0.5, 0.6) is 0 Å². The van der Waals surface area contributed by atoms with Crippen molar-refractivity contribution in [3.63, 3.8) is 0 Å². The van der Waals surface area contributed by atoms with Gasteiger partial charge in [-0.3, -0.25) is 0 Å². The zero-order valence-corrected chi connectivity index (χ0v) is 11.1. The van der Waals surface area contributed by atoms with Gasteiger partial charge < -0.3 is 0 Å². The zero-order chi connectivity index (χ0) is 11.5. The van der Waals surface area contributed by atoms with Crippen LogP contribution in [0.2, 0.25) is 0 Å². The van der Waals surface area contributed by atoms with Crippen LogP contribution in [0.15, 0.2) is 48.5 Å². The summed E-state index contributed by atoms with van der Waals surface area (Å²) >= 11 is 0. The Balaban J connectivity index is 1.91. The minimum Gasteiger partial charge on any atom is -0.207 e. The second-order valence-corrected chi connectivity index (χ2v) is 7.45. The van der Waals surface area contributed by atoms with E-state index in [1.807, 2.05) is 0 Å². The fourth-order valence-corrected chi connectivity index (χ4v) is 5.97. The van der Waals surface area contributed by atoms with Crippen molar-refractivity contribution in [3.05, 3.63) is 48.5 Å². The molecule has 0 N–H and O–H groups in total. The molecule has 0 nitrogen and oxygen atoms in total. The van der Waals surface area contributed by atoms with Crippen LogP contribution in [-0.2, 0) is 0 Å². The van der Waals surface area contributed by atoms with Crippen molar-refractivity contribution in [2.45, 2.75) is 37.8 Å². The van der Waals surface area contributed by atoms with Gasteiger partial charge in [0.15, 0.2) is 0 Å². The van der Waals surface area contributed by atoms with Crippen LogP contribution >= 0.6 is 7.92 Å². The fourth-order valence-electron chi connectivity index (χ4n) is 2.96. The predicted molar refractivity (Wildman–Crippen MR) is 77.1 cm³/mol. The van der Waals surface area contributed by atoms with Gasteiger partial charge in [0.05, 0.1) is 0 Å². The van der Waals surface area contributed by atoms with Crippen molar-refractivity contribution in [1.82, 2.24) is 0 Å². The molecule has 1 fully saturated rings. The Hall–Kier alpha value is -0.870. The first-order valence-electron chi connectivity index (χ1n) is 6.68. The van der Waals surface area contributed by atoms with E-state index in [4.69, 9.17) is 0 Å². The van der Waals surface area contributed by atoms with Crippen LogP contribution in [-0.4, -0.2) is 5.66 Å². The third-order valence-corrected chi connectivity index (χ3v) is 6.74. The lowest BCUT2D eigenvalue weighted by Crippen LogP contribution is -2.22. The van der Waals surface area contributed by atoms with Crippen LogP contribution in [0.25, 0.3) is 0 Å². The minimum atomic E-state index is -0.0950. The monoisotopic (exact) mass is 242 g/mol. The topological polar surface area (TPSA) is 0 Å². The van der Waals surface area contributed by atoms with Crippen LogP contribution in [0.4, 0.5) is 0 Å². The molecule has 2 aromatic carbocycles. The molecule has 0 bridgehead atoms. The molecule has 1 heteroatoms. The summed E-state index contributed by atoms with van der Waals surface area (Å²) < 4.78 is 0. The van der Waals surface area contributed by atoms with E-state index in [-0.39, 0.29) is 7.92 Å². The number of rotatable bonds is 3. The van der Waals surface area contributed by atoms with E-state index in [2.05, 4.69) is 48.5 Å². The molecule has 1 aliphatic rings. The molecule has 1 saturated carbocycles. The molecule has 0 aliphatic heterocycles. The van der Waals surface area contributed by atoms with Gasteiger partial charge in [-0.1, -0.05) is 19.3 Å². The smallest absolute Gasteiger partial charge is 0.0359 e. The Kier molecular flexibility index (Phi) is 3.43. The summed E-state index contributed by atoms with van der Waals surface area (Å²) in [6, 6.07) is 18.1. The lowest BCUT2D eigenvalue weighted by molar-refractivity contribution is 0.513. The highest BCUT2D eigenvalue weighted by atomic mass is 31.1. The molecule has 2 aromatic rings. The molecular formula is C16H19P-2. The largest absolute Gasteiger partial charge is 0.207 e. The maximum atomic E-state index is 2.33. The van der Waals surface area contributed by atoms with Gasteiger partial charge in [0.25, 0.3) is 0 Å². The molecule has 0 amide bonds. The van der Waals surface area contributed by atoms with Crippen molar-refractivity contribution in [2.75, 3.05) is 0 Å². The summed E-state index contributed by atoms with van der Waals surface area (Å²) in [5, 5.41) is 3.16. The van der Waals surface area contributed by atoms with Gasteiger partial charge in [-0.15, -0.1) is 0 Å². The summed E-state index contributed by atoms with van der Waals surface area (Å²) in [6.07, 6.45) is 7.18. The van der Waals surface area contributed by atoms with Crippen LogP contribution in [0.3, 0.4) is 0 Å². The van der Waals surface area contributed by atoms with Gasteiger partial charge in [-0.25, -0.2) is 12.1 Å². The highest BCUT2D eigenvalue weighted by Crippen LogP contribution is 2.46. The molecule has 0 radical (unpaired) electrons. The summed E-state index contributed by atoms with van der Waals surface area (Å²) in [5.41, 5.74) is 0.920. The number of hydrogen-bond donors (Lipinski definition) is 0. The van der Waals surface area contributed by atoms with Gasteiger partial charge in [0.2, 0.25) is 0 Å². The molecule has 0 heterocycles. The van der Waals surface area contributed by atoms with Gasteiger partial charge in [0.1, 0.15) is 0 Å². The molecule has 17 heavy (non-hydrogen) atoms. The van der Waals surface area contributed by atoms with Crippen molar-refractivity contribution >= 4 is 18.5 Å². The van der Waals surface area contributed by atoms with Gasteiger partial charge in [0, 0.05) is 0 Å². The standard InChI is InChI=1S/C16H19P/c1-2-8-14(9-3-1)17(15-10-4-5-11-15)16-12-6-7-13-16/h4-7,10-14H,1-3,8-9H2/q-2. The van der Waals surface area contributed by atoms with Crippen LogP contribution in [0.1, 0.15) is 32.1 Å². The van der Waals surface area contributed by atoms with E-state index >= 15 is 0 Å². The minimum absolute atomic E-state index is 0.0950. The Labute approximate surface area is 105 Å². The first-order valence-corrected chi connectivity index (χ1v) is 8.09. The van der Waals surface area contributed by atoms with Gasteiger partial charge >= 0.3 is 0 Å². The molecule has 3 rings (SSSR count). The van der Waals surface area contributed by atoms with E-state index < -0.39 is 0 Å². The molecular weight excluding hydrogens is 223 g/mol. The summed E-state index contributed by atoms with van der Waals surface area (Å²) in [4.78, 5) is 0. The van der Waals surface area contributed by atoms with Crippen LogP contribution in [0, 0.1) is 0 Å². The zero-order valence-electron chi connectivity index (χ0n) is 10.2. The number of hydrogen-bond acceptors (Lipinski definition) is 0. The van der Waals surface area contributed by atoms with Crippen molar-refractivity contribution in [2.24, 2.45) is 0 Å². The third kappa shape index (κ3) is 2.38. The Bertz CT molecular complexity index is 384. The highest BCUT2D eigenvalue weighted by molar-refractivity contribution is 7.73. The maximum absolute atomic E-state index is 2.33. The summed E-state index contributed by atoms with van der Waals surface area (Å²) in [6.45, 7) is 0. The van der Waals surface area contributed by atoms with E-state index in [1.54, 1.807) is 10.6 Å². The Morgan fingerprint density at radius 2 is 1.47 bits per heavy atom. The molecule has 0 aromatic heterocycles. The molecule has 90 valence electrons. The van der Waals surface area contributed by atoms with Gasteiger partial charge in [-0.2, -0.15) is 54.9 Å². The second-order valence-electron chi connectivity index (χ2n) is 4.95. The average Bonchev–Trinajstić information content (AvgIpc) is 3.04. The van der Waals surface area contributed by atoms with E-state index in [9.17, 15) is 0 Å². The molecule has 0 saturated heterocycles. The molecule has 0 unspecified atom stereocenters. The summed E-state index contributed by atoms with van der Waals surface area (Å²) in [5.74, 6) is 0. The van der Waals surface area contributed by atoms with E-state index in [1.165, 1.54) is 32.1 Å². The normalized spacial score (nSPS) is 17.7. The summed E-state index contributed by atoms with van der Waals surface area (Å²) in [7, 11) is -0.0950. The van der Waals surface area contributed by atoms with E-state index in [0.717, 1.165) is 5.66 Å². The van der Waals surface area contributed by atoms with Gasteiger partial charge in [-0.05, 0) is 18.5 Å². The predicted octanol–water partition coefficient (Wildman–Crippen LogP) is 3.89. The van der Waals surface area contributed by atoms with E-state index in [0.29, 0.717) is 0 Å². The first kappa shape index (κ1) is 11.2. The second kappa shape index (κ2) is 5.19. The molecule has 0 atom stereocenters. The Morgan fingerprint density at radius 1 is 0.882 bits per heavy atom. The highest BCUT2D eigenvalue weighted by Gasteiger charge is 2.19. The lowest BCUT2D eigenvalue weighted by Gasteiger charge is -2.38. The SMILES string of the molecule is c1cc(P(c2cc[cH-]c2)C2CCCCC2)c[cH-]1. The average molecular weight is 242 g/mol. The maximum Gasteiger partial charge on any atom is -0.0359 e. The quantitative estimate of drug-likeness (QED) is 0.566. The molecule has 1 aliphatic carbocycles. The first-order chi connectivity index (χ1) is 8.45. The third-order valence-electron chi connectivity index (χ3n) is 3.79. The lowest BCUT2D eigenvalue weighted by atomic mass is 10.0. The van der Waals surface area contributed by atoms with Crippen molar-refractivity contribution < 1.29 is 0 Å².